The maximum atomic E-state index is 12.9. The third kappa shape index (κ3) is 54.1. The van der Waals surface area contributed by atoms with Gasteiger partial charge in [0.2, 0.25) is 0 Å². The number of aliphatic carboxylic acids is 1. The van der Waals surface area contributed by atoms with Gasteiger partial charge in [-0.2, -0.15) is 0 Å². The number of hydrogen-bond acceptors (Lipinski definition) is 7. The van der Waals surface area contributed by atoms with E-state index in [1.165, 1.54) is 250 Å². The van der Waals surface area contributed by atoms with Crippen LogP contribution in [0.15, 0.2) is 0 Å². The van der Waals surface area contributed by atoms with Gasteiger partial charge in [-0.05, 0) is 12.8 Å². The first-order valence-electron chi connectivity index (χ1n) is 30.7. The Kier molecular flexibility index (Phi) is 52.3. The van der Waals surface area contributed by atoms with E-state index in [1.54, 1.807) is 0 Å². The Bertz CT molecular complexity index is 1110. The summed E-state index contributed by atoms with van der Waals surface area (Å²) in [6, 6.07) is 0. The second-order valence-corrected chi connectivity index (χ2v) is 22.4. The summed E-state index contributed by atoms with van der Waals surface area (Å²) in [5.41, 5.74) is 0. The van der Waals surface area contributed by atoms with E-state index in [9.17, 15) is 19.5 Å². The normalized spacial score (nSPS) is 12.6. The molecule has 0 aliphatic rings. The molecule has 0 fully saturated rings. The van der Waals surface area contributed by atoms with Gasteiger partial charge in [0, 0.05) is 12.8 Å². The molecule has 0 aromatic carbocycles. The Balaban J connectivity index is 4.10. The molecule has 0 saturated carbocycles. The molecule has 0 aromatic rings. The first kappa shape index (κ1) is 68.3. The lowest BCUT2D eigenvalue weighted by molar-refractivity contribution is -0.870. The number of hydrogen-bond donors (Lipinski definition) is 1. The highest BCUT2D eigenvalue weighted by Gasteiger charge is 2.25. The Morgan fingerprint density at radius 2 is 0.643 bits per heavy atom. The number of carbonyl (C=O) groups excluding carboxylic acids is 2. The van der Waals surface area contributed by atoms with Gasteiger partial charge in [0.25, 0.3) is 6.29 Å². The molecule has 0 aliphatic heterocycles. The van der Waals surface area contributed by atoms with Gasteiger partial charge in [-0.1, -0.05) is 290 Å². The van der Waals surface area contributed by atoms with Crippen LogP contribution in [0.25, 0.3) is 0 Å². The molecule has 1 N–H and O–H groups in total. The lowest BCUT2D eigenvalue weighted by Gasteiger charge is -2.25. The molecule has 0 aromatic heterocycles. The maximum Gasteiger partial charge on any atom is 0.361 e. The number of esters is 2. The Labute approximate surface area is 434 Å². The third-order valence-corrected chi connectivity index (χ3v) is 14.1. The molecule has 0 spiro atoms. The predicted octanol–water partition coefficient (Wildman–Crippen LogP) is 18.0. The average molecular weight is 996 g/mol. The smallest absolute Gasteiger partial charge is 0.361 e. The third-order valence-electron chi connectivity index (χ3n) is 14.1. The molecule has 2 unspecified atom stereocenters. The van der Waals surface area contributed by atoms with Gasteiger partial charge in [0.15, 0.2) is 6.10 Å². The number of likely N-dealkylation sites (N-methyl/N-ethyl adjacent to an activating group) is 1. The van der Waals surface area contributed by atoms with Crippen molar-refractivity contribution in [1.82, 2.24) is 0 Å². The highest BCUT2D eigenvalue weighted by atomic mass is 16.7. The van der Waals surface area contributed by atoms with Crippen LogP contribution in [0, 0.1) is 0 Å². The number of unbranched alkanes of at least 4 members (excludes halogenated alkanes) is 43. The number of nitrogens with zero attached hydrogens (tertiary/aromatic N) is 1. The van der Waals surface area contributed by atoms with E-state index in [0.29, 0.717) is 17.4 Å². The largest absolute Gasteiger partial charge is 0.477 e. The molecule has 2 atom stereocenters. The molecule has 0 heterocycles. The van der Waals surface area contributed by atoms with Crippen molar-refractivity contribution in [2.75, 3.05) is 47.5 Å². The van der Waals surface area contributed by atoms with Gasteiger partial charge in [-0.15, -0.1) is 0 Å². The molecular formula is C61H120NO8+. The van der Waals surface area contributed by atoms with Gasteiger partial charge in [-0.3, -0.25) is 9.59 Å². The summed E-state index contributed by atoms with van der Waals surface area (Å²) in [4.78, 5) is 37.4. The van der Waals surface area contributed by atoms with E-state index in [4.69, 9.17) is 18.9 Å². The lowest BCUT2D eigenvalue weighted by Crippen LogP contribution is -2.40. The Morgan fingerprint density at radius 1 is 0.371 bits per heavy atom. The van der Waals surface area contributed by atoms with Gasteiger partial charge in [0.05, 0.1) is 34.4 Å². The van der Waals surface area contributed by atoms with E-state index in [-0.39, 0.29) is 38.2 Å². The lowest BCUT2D eigenvalue weighted by atomic mass is 10.0. The van der Waals surface area contributed by atoms with Crippen LogP contribution in [0.5, 0.6) is 0 Å². The van der Waals surface area contributed by atoms with E-state index in [2.05, 4.69) is 13.8 Å². The van der Waals surface area contributed by atoms with Crippen LogP contribution in [0.2, 0.25) is 0 Å². The van der Waals surface area contributed by atoms with E-state index in [0.717, 1.165) is 38.5 Å². The molecule has 416 valence electrons. The van der Waals surface area contributed by atoms with Crippen molar-refractivity contribution < 1.29 is 42.9 Å². The van der Waals surface area contributed by atoms with Crippen LogP contribution in [0.3, 0.4) is 0 Å². The molecule has 0 amide bonds. The summed E-state index contributed by atoms with van der Waals surface area (Å²) in [6.07, 6.45) is 57.6. The van der Waals surface area contributed by atoms with Gasteiger partial charge < -0.3 is 28.5 Å². The average Bonchev–Trinajstić information content (AvgIpc) is 3.33. The highest BCUT2D eigenvalue weighted by Crippen LogP contribution is 2.18. The standard InChI is InChI=1S/C61H119NO8/c1-6-8-10-12-14-16-18-20-22-24-25-26-27-28-29-30-31-32-33-34-36-38-40-42-44-46-48-50-52-59(64)70-57(56-69-61(60(65)66)67-54-53-62(3,4)5)55-68-58(63)51-49-47-45-43-41-39-37-35-23-21-19-17-15-13-11-9-7-2/h57,61H,6-56H2,1-5H3/p+1. The topological polar surface area (TPSA) is 108 Å². The number of rotatable bonds is 58. The molecule has 9 heteroatoms. The molecule has 0 bridgehead atoms. The minimum absolute atomic E-state index is 0.172. The van der Waals surface area contributed by atoms with Crippen LogP contribution in [-0.4, -0.2) is 87.4 Å². The molecule has 70 heavy (non-hydrogen) atoms. The summed E-state index contributed by atoms with van der Waals surface area (Å²) >= 11 is 0. The fourth-order valence-electron chi connectivity index (χ4n) is 9.37. The number of quaternary nitrogens is 1. The second kappa shape index (κ2) is 53.6. The summed E-state index contributed by atoms with van der Waals surface area (Å²) in [6.45, 7) is 4.95. The van der Waals surface area contributed by atoms with Crippen molar-refractivity contribution in [3.8, 4) is 0 Å². The number of carboxylic acids is 1. The molecule has 0 rings (SSSR count). The highest BCUT2D eigenvalue weighted by molar-refractivity contribution is 5.71. The van der Waals surface area contributed by atoms with Crippen LogP contribution in [-0.2, 0) is 33.3 Å². The predicted molar refractivity (Wildman–Crippen MR) is 295 cm³/mol. The fourth-order valence-corrected chi connectivity index (χ4v) is 9.37. The van der Waals surface area contributed by atoms with Gasteiger partial charge in [-0.25, -0.2) is 4.79 Å². The second-order valence-electron chi connectivity index (χ2n) is 22.4. The number of carbonyl (C=O) groups is 3. The first-order chi connectivity index (χ1) is 34.1. The minimum atomic E-state index is -1.50. The number of carboxylic acid groups (broad SMARTS) is 1. The van der Waals surface area contributed by atoms with Crippen LogP contribution < -0.4 is 0 Å². The Hall–Kier alpha value is -1.71. The van der Waals surface area contributed by atoms with Crippen molar-refractivity contribution >= 4 is 17.9 Å². The van der Waals surface area contributed by atoms with Gasteiger partial charge >= 0.3 is 17.9 Å². The van der Waals surface area contributed by atoms with Gasteiger partial charge in [0.1, 0.15) is 13.2 Å². The first-order valence-corrected chi connectivity index (χ1v) is 30.7. The molecule has 0 aliphatic carbocycles. The van der Waals surface area contributed by atoms with Crippen molar-refractivity contribution in [1.29, 1.82) is 0 Å². The monoisotopic (exact) mass is 995 g/mol. The van der Waals surface area contributed by atoms with Crippen molar-refractivity contribution in [3.05, 3.63) is 0 Å². The van der Waals surface area contributed by atoms with Crippen molar-refractivity contribution in [3.63, 3.8) is 0 Å². The molecule has 0 saturated heterocycles. The summed E-state index contributed by atoms with van der Waals surface area (Å²) in [5, 5.41) is 9.70. The zero-order chi connectivity index (χ0) is 51.3. The summed E-state index contributed by atoms with van der Waals surface area (Å²) in [7, 11) is 5.98. The van der Waals surface area contributed by atoms with E-state index in [1.807, 2.05) is 21.1 Å². The molecule has 9 nitrogen and oxygen atoms in total. The maximum absolute atomic E-state index is 12.9. The number of ether oxygens (including phenoxy) is 4. The van der Waals surface area contributed by atoms with Crippen molar-refractivity contribution in [2.45, 2.75) is 328 Å². The SMILES string of the molecule is CCCCCCCCCCCCCCCCCCCCCCCCCCCCCCC(=O)OC(COC(=O)CCCCCCCCCCCCCCCCCCC)COC(OCC[N+](C)(C)C)C(=O)O. The quantitative estimate of drug-likeness (QED) is 0.0278. The molecular weight excluding hydrogens is 875 g/mol. The Morgan fingerprint density at radius 3 is 0.914 bits per heavy atom. The molecule has 0 radical (unpaired) electrons. The van der Waals surface area contributed by atoms with Crippen LogP contribution in [0.4, 0.5) is 0 Å². The van der Waals surface area contributed by atoms with Crippen LogP contribution in [0.1, 0.15) is 316 Å². The summed E-state index contributed by atoms with van der Waals surface area (Å²) < 4.78 is 22.9. The van der Waals surface area contributed by atoms with Crippen LogP contribution >= 0.6 is 0 Å². The zero-order valence-corrected chi connectivity index (χ0v) is 47.5. The van der Waals surface area contributed by atoms with E-state index >= 15 is 0 Å². The fraction of sp³-hybridized carbons (Fsp3) is 0.951. The zero-order valence-electron chi connectivity index (χ0n) is 47.5. The van der Waals surface area contributed by atoms with Crippen molar-refractivity contribution in [2.24, 2.45) is 0 Å². The minimum Gasteiger partial charge on any atom is -0.477 e. The summed E-state index contributed by atoms with van der Waals surface area (Å²) in [5.74, 6) is -1.97. The van der Waals surface area contributed by atoms with E-state index < -0.39 is 18.4 Å².